The molecule has 1 atom stereocenters. The molecule has 0 bridgehead atoms. The molecule has 3 heteroatoms. The fraction of sp³-hybridized carbons (Fsp3) is 0.875. The second-order valence-corrected chi connectivity index (χ2v) is 3.76. The number of carbonyl (C=O) groups excluding carboxylic acids is 1. The van der Waals surface area contributed by atoms with E-state index in [9.17, 15) is 4.79 Å². The first-order valence-electron chi connectivity index (χ1n) is 4.09. The molecule has 0 aromatic carbocycles. The van der Waals surface area contributed by atoms with E-state index in [1.54, 1.807) is 11.8 Å². The molecule has 0 saturated heterocycles. The first kappa shape index (κ1) is 11.0. The van der Waals surface area contributed by atoms with Gasteiger partial charge >= 0.3 is 0 Å². The van der Waals surface area contributed by atoms with Gasteiger partial charge in [0.1, 0.15) is 5.78 Å². The Balaban J connectivity index is 3.29. The Morgan fingerprint density at radius 3 is 2.64 bits per heavy atom. The van der Waals surface area contributed by atoms with Gasteiger partial charge in [0.2, 0.25) is 0 Å². The number of hydrogen-bond donors (Lipinski definition) is 1. The highest BCUT2D eigenvalue weighted by Crippen LogP contribution is 2.11. The molecular formula is C8H17NOS. The van der Waals surface area contributed by atoms with Crippen LogP contribution in [0.3, 0.4) is 0 Å². The zero-order valence-corrected chi connectivity index (χ0v) is 8.12. The Labute approximate surface area is 72.9 Å². The summed E-state index contributed by atoms with van der Waals surface area (Å²) in [6.07, 6.45) is 2.72. The molecule has 0 aliphatic heterocycles. The van der Waals surface area contributed by atoms with Crippen LogP contribution in [0.2, 0.25) is 0 Å². The van der Waals surface area contributed by atoms with Gasteiger partial charge in [-0.3, -0.25) is 4.79 Å². The van der Waals surface area contributed by atoms with Crippen LogP contribution in [-0.2, 0) is 4.79 Å². The molecular weight excluding hydrogens is 158 g/mol. The van der Waals surface area contributed by atoms with Gasteiger partial charge in [0.05, 0.1) is 11.1 Å². The minimum Gasteiger partial charge on any atom is -0.319 e. The molecule has 0 aliphatic rings. The van der Waals surface area contributed by atoms with Crippen LogP contribution in [0.4, 0.5) is 0 Å². The van der Waals surface area contributed by atoms with Crippen LogP contribution in [0.25, 0.3) is 0 Å². The van der Waals surface area contributed by atoms with E-state index in [4.69, 9.17) is 5.73 Å². The number of Topliss-reactive ketones (excluding diaryl/α,β-unsaturated/α-hetero) is 1. The second-order valence-electron chi connectivity index (χ2n) is 2.53. The summed E-state index contributed by atoms with van der Waals surface area (Å²) in [5.74, 6) is 0.874. The van der Waals surface area contributed by atoms with Crippen molar-refractivity contribution in [3.8, 4) is 0 Å². The molecule has 0 saturated carbocycles. The maximum Gasteiger partial charge on any atom is 0.142 e. The minimum atomic E-state index is 0.149. The Kier molecular flexibility index (Phi) is 6.66. The van der Waals surface area contributed by atoms with Gasteiger partial charge in [0.25, 0.3) is 0 Å². The lowest BCUT2D eigenvalue weighted by molar-refractivity contribution is -0.116. The highest BCUT2D eigenvalue weighted by atomic mass is 32.2. The summed E-state index contributed by atoms with van der Waals surface area (Å²) < 4.78 is 0. The Morgan fingerprint density at radius 1 is 1.55 bits per heavy atom. The van der Waals surface area contributed by atoms with Crippen LogP contribution < -0.4 is 5.73 Å². The van der Waals surface area contributed by atoms with Gasteiger partial charge in [-0.15, -0.1) is 11.8 Å². The van der Waals surface area contributed by atoms with Gasteiger partial charge in [-0.05, 0) is 6.42 Å². The highest BCUT2D eigenvalue weighted by molar-refractivity contribution is 8.00. The summed E-state index contributed by atoms with van der Waals surface area (Å²) >= 11 is 1.56. The van der Waals surface area contributed by atoms with Crippen LogP contribution in [0, 0.1) is 0 Å². The third kappa shape index (κ3) is 6.38. The van der Waals surface area contributed by atoms with Crippen molar-refractivity contribution in [1.29, 1.82) is 0 Å². The third-order valence-corrected chi connectivity index (χ3v) is 2.58. The first-order valence-corrected chi connectivity index (χ1v) is 5.14. The summed E-state index contributed by atoms with van der Waals surface area (Å²) in [6, 6.07) is 0. The summed E-state index contributed by atoms with van der Waals surface area (Å²) in [7, 11) is 0. The van der Waals surface area contributed by atoms with Crippen LogP contribution in [0.15, 0.2) is 0 Å². The van der Waals surface area contributed by atoms with Gasteiger partial charge in [0, 0.05) is 6.42 Å². The van der Waals surface area contributed by atoms with Crippen molar-refractivity contribution in [3.05, 3.63) is 0 Å². The van der Waals surface area contributed by atoms with Crippen molar-refractivity contribution in [1.82, 2.24) is 0 Å². The van der Waals surface area contributed by atoms with Gasteiger partial charge in [-0.2, -0.15) is 0 Å². The third-order valence-electron chi connectivity index (χ3n) is 1.43. The molecule has 2 N–H and O–H groups in total. The van der Waals surface area contributed by atoms with Gasteiger partial charge < -0.3 is 5.73 Å². The SMILES string of the molecule is CCCC(N)SCC(=O)CC. The molecule has 0 spiro atoms. The van der Waals surface area contributed by atoms with Crippen molar-refractivity contribution < 1.29 is 4.79 Å². The van der Waals surface area contributed by atoms with Gasteiger partial charge in [-0.1, -0.05) is 20.3 Å². The van der Waals surface area contributed by atoms with Crippen molar-refractivity contribution in [2.24, 2.45) is 5.73 Å². The molecule has 1 unspecified atom stereocenters. The molecule has 2 nitrogen and oxygen atoms in total. The Hall–Kier alpha value is -0.0200. The van der Waals surface area contributed by atoms with E-state index in [2.05, 4.69) is 6.92 Å². The molecule has 0 aromatic heterocycles. The molecule has 0 rings (SSSR count). The number of thioether (sulfide) groups is 1. The summed E-state index contributed by atoms with van der Waals surface area (Å²) in [5.41, 5.74) is 5.70. The number of nitrogens with two attached hydrogens (primary N) is 1. The largest absolute Gasteiger partial charge is 0.319 e. The predicted octanol–water partition coefficient (Wildman–Crippen LogP) is 1.78. The maximum absolute atomic E-state index is 10.8. The highest BCUT2D eigenvalue weighted by Gasteiger charge is 2.04. The van der Waals surface area contributed by atoms with E-state index >= 15 is 0 Å². The molecule has 0 fully saturated rings. The average molecular weight is 175 g/mol. The molecule has 0 aromatic rings. The molecule has 0 radical (unpaired) electrons. The van der Waals surface area contributed by atoms with E-state index < -0.39 is 0 Å². The van der Waals surface area contributed by atoms with Crippen LogP contribution in [0.1, 0.15) is 33.1 Å². The van der Waals surface area contributed by atoms with Crippen molar-refractivity contribution in [2.75, 3.05) is 5.75 Å². The second kappa shape index (κ2) is 6.68. The van der Waals surface area contributed by atoms with Gasteiger partial charge in [-0.25, -0.2) is 0 Å². The lowest BCUT2D eigenvalue weighted by atomic mass is 10.3. The van der Waals surface area contributed by atoms with E-state index in [0.717, 1.165) is 12.8 Å². The number of rotatable bonds is 6. The quantitative estimate of drug-likeness (QED) is 0.626. The lowest BCUT2D eigenvalue weighted by Gasteiger charge is -2.07. The normalized spacial score (nSPS) is 13.0. The van der Waals surface area contributed by atoms with E-state index in [1.165, 1.54) is 0 Å². The summed E-state index contributed by atoms with van der Waals surface area (Å²) in [6.45, 7) is 3.98. The van der Waals surface area contributed by atoms with Crippen LogP contribution >= 0.6 is 11.8 Å². The Morgan fingerprint density at radius 2 is 2.18 bits per heavy atom. The molecule has 0 aliphatic carbocycles. The zero-order chi connectivity index (χ0) is 8.69. The number of ketones is 1. The average Bonchev–Trinajstić information content (AvgIpc) is 2.01. The zero-order valence-electron chi connectivity index (χ0n) is 7.30. The van der Waals surface area contributed by atoms with Crippen molar-refractivity contribution in [3.63, 3.8) is 0 Å². The fourth-order valence-corrected chi connectivity index (χ4v) is 1.68. The first-order chi connectivity index (χ1) is 5.20. The summed E-state index contributed by atoms with van der Waals surface area (Å²) in [5, 5.41) is 0.149. The predicted molar refractivity (Wildman–Crippen MR) is 50.6 cm³/mol. The fourth-order valence-electron chi connectivity index (χ4n) is 0.670. The van der Waals surface area contributed by atoms with Crippen LogP contribution in [0.5, 0.6) is 0 Å². The van der Waals surface area contributed by atoms with Crippen molar-refractivity contribution in [2.45, 2.75) is 38.5 Å². The topological polar surface area (TPSA) is 43.1 Å². The van der Waals surface area contributed by atoms with E-state index in [-0.39, 0.29) is 5.37 Å². The van der Waals surface area contributed by atoms with Gasteiger partial charge in [0.15, 0.2) is 0 Å². The van der Waals surface area contributed by atoms with Crippen LogP contribution in [-0.4, -0.2) is 16.9 Å². The smallest absolute Gasteiger partial charge is 0.142 e. The monoisotopic (exact) mass is 175 g/mol. The Bertz CT molecular complexity index is 117. The maximum atomic E-state index is 10.8. The molecule has 0 heterocycles. The summed E-state index contributed by atoms with van der Waals surface area (Å²) in [4.78, 5) is 10.8. The minimum absolute atomic E-state index is 0.149. The number of carbonyl (C=O) groups is 1. The molecule has 66 valence electrons. The number of hydrogen-bond acceptors (Lipinski definition) is 3. The van der Waals surface area contributed by atoms with Crippen molar-refractivity contribution >= 4 is 17.5 Å². The standard InChI is InChI=1S/C8H17NOS/c1-3-5-8(9)11-6-7(10)4-2/h8H,3-6,9H2,1-2H3. The lowest BCUT2D eigenvalue weighted by Crippen LogP contribution is -2.17. The van der Waals surface area contributed by atoms with E-state index in [0.29, 0.717) is 18.0 Å². The molecule has 0 amide bonds. The van der Waals surface area contributed by atoms with E-state index in [1.807, 2.05) is 6.92 Å². The molecule has 11 heavy (non-hydrogen) atoms.